The topological polar surface area (TPSA) is 136 Å². The molecule has 0 heterocycles. The number of rotatable bonds is 23. The summed E-state index contributed by atoms with van der Waals surface area (Å²) in [6.45, 7) is 22.4. The fourth-order valence-corrected chi connectivity index (χ4v) is 19.0. The van der Waals surface area contributed by atoms with Crippen molar-refractivity contribution in [1.29, 1.82) is 0 Å². The van der Waals surface area contributed by atoms with Crippen molar-refractivity contribution < 1.29 is 55.5 Å². The summed E-state index contributed by atoms with van der Waals surface area (Å²) in [7, 11) is -5.88. The number of ether oxygens (including phenoxy) is 5. The molecule has 94 heavy (non-hydrogen) atoms. The second-order valence-electron chi connectivity index (χ2n) is 27.9. The van der Waals surface area contributed by atoms with Crippen LogP contribution in [-0.2, 0) is 30.4 Å². The molecular formula is C79H102F3NO9S2. The summed E-state index contributed by atoms with van der Waals surface area (Å²) in [6.07, 6.45) is 16.2. The third kappa shape index (κ3) is 19.0. The summed E-state index contributed by atoms with van der Waals surface area (Å²) in [5.74, 6) is 9.00. The number of aromatic hydroxyl groups is 1. The van der Waals surface area contributed by atoms with Crippen LogP contribution < -0.4 is 19.3 Å². The van der Waals surface area contributed by atoms with Crippen molar-refractivity contribution in [2.45, 2.75) is 222 Å². The Hall–Kier alpha value is -6.00. The Morgan fingerprint density at radius 3 is 1.53 bits per heavy atom. The Labute approximate surface area is 562 Å². The fraction of sp³-hybridized carbons (Fsp3) is 0.532. The summed E-state index contributed by atoms with van der Waals surface area (Å²) in [5.41, 5.74) is 0.479. The molecule has 7 aliphatic rings. The average Bonchev–Trinajstić information content (AvgIpc) is 1.43. The van der Waals surface area contributed by atoms with Crippen LogP contribution in [0, 0.1) is 60.7 Å². The van der Waals surface area contributed by atoms with Crippen LogP contribution in [0.1, 0.15) is 197 Å². The van der Waals surface area contributed by atoms with E-state index in [1.165, 1.54) is 69.9 Å². The number of aryl methyl sites for hydroxylation is 2. The predicted octanol–water partition coefficient (Wildman–Crippen LogP) is 19.6. The zero-order valence-electron chi connectivity index (χ0n) is 57.0. The fourth-order valence-electron chi connectivity index (χ4n) is 16.3. The molecule has 0 aromatic heterocycles. The maximum absolute atomic E-state index is 12.3. The summed E-state index contributed by atoms with van der Waals surface area (Å²) in [5, 5.41) is 20.8. The van der Waals surface area contributed by atoms with Crippen LogP contribution in [-0.4, -0.2) is 56.8 Å². The summed E-state index contributed by atoms with van der Waals surface area (Å²) >= 11 is 0. The van der Waals surface area contributed by atoms with Crippen LogP contribution >= 0.6 is 0 Å². The van der Waals surface area contributed by atoms with Crippen molar-refractivity contribution in [3.8, 4) is 23.0 Å². The number of benzene rings is 6. The van der Waals surface area contributed by atoms with Gasteiger partial charge in [-0.3, -0.25) is 0 Å². The van der Waals surface area contributed by atoms with E-state index in [9.17, 15) is 26.7 Å². The number of halogens is 3. The first kappa shape index (κ1) is 72.3. The standard InChI is InChI=1S/C34H39O3S.C22H32O2.C13H18F3NO3S.C10H14O/c1-6-25(2)29-17-19-30(20-18-29)37-28(5)35-21-22-36-34-26(3)23-33(24-27(34)4)38(31-13-9-7-10-14-31)32-15-11-8-12-16-32;1-4-14(2)16-8-10-18(11-9-16)23-15(3)24-22-13-17-12-21(22)20-7-5-6-19(17)20;14-13(15,16)21(19,20)17-11(18)7-12-4-8-1-9(5-12)3-10(2-8)6-12;1-3-8(2)9-4-6-10(11)7-5-9/h7-20,23-25,28H,6,21-22H2,1-5H3;8-11,14-15,17,19-22H,4-7,12-13H2,1-3H3;8-10H,1-7H2,(H,17,18);4-8,11H,3H2,1-2H3/q+1;;;/p-1. The van der Waals surface area contributed by atoms with Gasteiger partial charge in [0.1, 0.15) is 29.6 Å². The number of fused-ring (bicyclic) bond motifs is 5. The van der Waals surface area contributed by atoms with Gasteiger partial charge in [-0.25, -0.2) is 0 Å². The van der Waals surface area contributed by atoms with E-state index < -0.39 is 21.4 Å². The molecule has 7 saturated carbocycles. The van der Waals surface area contributed by atoms with Gasteiger partial charge in [-0.2, -0.15) is 26.0 Å². The second kappa shape index (κ2) is 32.8. The van der Waals surface area contributed by atoms with E-state index in [0.717, 1.165) is 103 Å². The van der Waals surface area contributed by atoms with Crippen LogP contribution in [0.5, 0.6) is 23.0 Å². The smallest absolute Gasteiger partial charge is 0.518 e. The lowest BCUT2D eigenvalue weighted by Gasteiger charge is -2.57. The summed E-state index contributed by atoms with van der Waals surface area (Å²) in [4.78, 5) is 3.91. The Kier molecular flexibility index (Phi) is 25.2. The molecule has 10 atom stereocenters. The minimum absolute atomic E-state index is 0.149. The molecule has 0 radical (unpaired) electrons. The Morgan fingerprint density at radius 1 is 0.606 bits per heavy atom. The largest absolute Gasteiger partial charge is 0.861 e. The number of phenols is 1. The third-order valence-corrected chi connectivity index (χ3v) is 24.3. The van der Waals surface area contributed by atoms with Crippen LogP contribution in [0.15, 0.2) is 165 Å². The van der Waals surface area contributed by atoms with E-state index >= 15 is 0 Å². The van der Waals surface area contributed by atoms with Gasteiger partial charge in [0, 0.05) is 12.1 Å². The van der Waals surface area contributed by atoms with Crippen LogP contribution in [0.4, 0.5) is 13.2 Å². The number of sulfonamides is 1. The molecule has 0 aliphatic heterocycles. The first-order valence-corrected chi connectivity index (χ1v) is 37.3. The van der Waals surface area contributed by atoms with Crippen molar-refractivity contribution in [3.63, 3.8) is 0 Å². The highest BCUT2D eigenvalue weighted by Crippen LogP contribution is 2.62. The van der Waals surface area contributed by atoms with Crippen LogP contribution in [0.2, 0.25) is 0 Å². The predicted molar refractivity (Wildman–Crippen MR) is 369 cm³/mol. The van der Waals surface area contributed by atoms with Crippen molar-refractivity contribution >= 4 is 26.8 Å². The lowest BCUT2D eigenvalue weighted by atomic mass is 9.49. The molecule has 510 valence electrons. The maximum atomic E-state index is 12.3. The number of phenolic OH excluding ortho intramolecular Hbond substituents is 1. The highest BCUT2D eigenvalue weighted by Gasteiger charge is 2.55. The van der Waals surface area contributed by atoms with Gasteiger partial charge in [0.25, 0.3) is 0 Å². The van der Waals surface area contributed by atoms with E-state index in [2.05, 4.69) is 176 Å². The number of alkyl halides is 3. The monoisotopic (exact) mass is 1330 g/mol. The van der Waals surface area contributed by atoms with Gasteiger partial charge in [-0.15, -0.1) is 0 Å². The van der Waals surface area contributed by atoms with E-state index in [4.69, 9.17) is 28.8 Å². The van der Waals surface area contributed by atoms with Gasteiger partial charge in [-0.05, 0) is 277 Å². The molecule has 0 saturated heterocycles. The van der Waals surface area contributed by atoms with Gasteiger partial charge < -0.3 is 33.9 Å². The molecule has 7 fully saturated rings. The SMILES string of the molecule is CCC(C)c1ccc(O)cc1.CCC(C)c1ccc(OC(C)OC2CC3CC2C2CCCC32)cc1.CCC(C)c1ccc(OC(C)OCCOc2c(C)cc([S+](c3ccccc3)c3ccccc3)cc2C)cc1.O=S(=O)(N=C([O-])CC12CC3CC(CC(C3)C1)C2)C(F)(F)F. The third-order valence-electron chi connectivity index (χ3n) is 21.1. The summed E-state index contributed by atoms with van der Waals surface area (Å²) < 4.78 is 91.5. The molecule has 6 aromatic rings. The second-order valence-corrected chi connectivity index (χ2v) is 31.5. The van der Waals surface area contributed by atoms with E-state index in [1.54, 1.807) is 12.1 Å². The van der Waals surface area contributed by atoms with Gasteiger partial charge >= 0.3 is 15.5 Å². The molecule has 15 heteroatoms. The molecule has 6 bridgehead atoms. The van der Waals surface area contributed by atoms with Crippen LogP contribution in [0.3, 0.4) is 0 Å². The van der Waals surface area contributed by atoms with Crippen molar-refractivity contribution in [2.75, 3.05) is 13.2 Å². The van der Waals surface area contributed by atoms with Crippen molar-refractivity contribution in [3.05, 3.63) is 173 Å². The minimum Gasteiger partial charge on any atom is -0.861 e. The maximum Gasteiger partial charge on any atom is 0.518 e. The van der Waals surface area contributed by atoms with Crippen molar-refractivity contribution in [2.24, 2.45) is 51.2 Å². The molecule has 10 unspecified atom stereocenters. The highest BCUT2D eigenvalue weighted by molar-refractivity contribution is 7.97. The molecule has 0 amide bonds. The molecule has 7 aliphatic carbocycles. The Bertz CT molecular complexity index is 3360. The Balaban J connectivity index is 0.000000160. The molecular weight excluding hydrogens is 1230 g/mol. The first-order valence-electron chi connectivity index (χ1n) is 34.7. The number of hydrogen-bond acceptors (Lipinski definition) is 9. The lowest BCUT2D eigenvalue weighted by Crippen LogP contribution is -2.48. The first-order chi connectivity index (χ1) is 44.9. The van der Waals surface area contributed by atoms with Crippen molar-refractivity contribution in [1.82, 2.24) is 0 Å². The van der Waals surface area contributed by atoms with E-state index in [0.29, 0.717) is 60.6 Å². The molecule has 10 nitrogen and oxygen atoms in total. The molecule has 1 N–H and O–H groups in total. The van der Waals surface area contributed by atoms with Crippen LogP contribution in [0.25, 0.3) is 0 Å². The lowest BCUT2D eigenvalue weighted by molar-refractivity contribution is -0.223. The zero-order chi connectivity index (χ0) is 67.3. The van der Waals surface area contributed by atoms with Gasteiger partial charge in [0.15, 0.2) is 27.3 Å². The summed E-state index contributed by atoms with van der Waals surface area (Å²) in [6, 6.07) is 50.3. The zero-order valence-corrected chi connectivity index (χ0v) is 58.6. The Morgan fingerprint density at radius 2 is 1.06 bits per heavy atom. The van der Waals surface area contributed by atoms with Gasteiger partial charge in [0.05, 0.1) is 23.6 Å². The molecule has 6 aromatic carbocycles. The van der Waals surface area contributed by atoms with E-state index in [1.807, 2.05) is 31.2 Å². The average molecular weight is 1330 g/mol. The highest BCUT2D eigenvalue weighted by atomic mass is 32.2. The quantitative estimate of drug-likeness (QED) is 0.0219. The number of hydrogen-bond donors (Lipinski definition) is 1. The minimum atomic E-state index is -5.71. The molecule has 0 spiro atoms. The normalized spacial score (nSPS) is 24.9. The van der Waals surface area contributed by atoms with E-state index in [-0.39, 0.29) is 35.3 Å². The van der Waals surface area contributed by atoms with Gasteiger partial charge in [0.2, 0.25) is 0 Å². The van der Waals surface area contributed by atoms with Gasteiger partial charge in [-0.1, -0.05) is 121 Å². The molecule has 13 rings (SSSR count). The number of nitrogens with zero attached hydrogens (tertiary/aromatic N) is 1.